The van der Waals surface area contributed by atoms with E-state index in [0.29, 0.717) is 0 Å². The van der Waals surface area contributed by atoms with E-state index in [0.717, 1.165) is 0 Å². The van der Waals surface area contributed by atoms with E-state index in [1.807, 2.05) is 0 Å². The Morgan fingerprint density at radius 1 is 0.343 bits per heavy atom. The molecule has 6 rings (SSSR count). The Balaban J connectivity index is 1.73. The van der Waals surface area contributed by atoms with Crippen molar-refractivity contribution in [3.05, 3.63) is 140 Å². The third-order valence-electron chi connectivity index (χ3n) is 6.64. The molecule has 1 heteroatoms. The fourth-order valence-corrected chi connectivity index (χ4v) is 5.61. The molecule has 1 atom stereocenters. The van der Waals surface area contributed by atoms with Gasteiger partial charge < -0.3 is 0 Å². The fraction of sp³-hybridized carbons (Fsp3) is 0. The van der Waals surface area contributed by atoms with Gasteiger partial charge in [-0.2, -0.15) is 0 Å². The standard InChI is InChI=1S/C34H25P/c35-34-32(26-15-6-2-7-16-26)30(25-13-4-1-5-14-25)23-31(33(34)27-17-8-3-9-18-27)29-21-20-24-12-10-11-19-28(24)22-29/h1-23H,35H2. The van der Waals surface area contributed by atoms with Crippen molar-refractivity contribution in [2.75, 3.05) is 0 Å². The van der Waals surface area contributed by atoms with Gasteiger partial charge in [0.05, 0.1) is 0 Å². The van der Waals surface area contributed by atoms with Crippen molar-refractivity contribution in [3.63, 3.8) is 0 Å². The van der Waals surface area contributed by atoms with Gasteiger partial charge in [0, 0.05) is 0 Å². The molecule has 0 aliphatic heterocycles. The van der Waals surface area contributed by atoms with Gasteiger partial charge in [0.1, 0.15) is 0 Å². The molecule has 0 N–H and O–H groups in total. The highest BCUT2D eigenvalue weighted by molar-refractivity contribution is 7.28. The number of hydrogen-bond donors (Lipinski definition) is 0. The molecule has 0 radical (unpaired) electrons. The molecule has 0 aliphatic carbocycles. The minimum Gasteiger partial charge on any atom is -0.104 e. The molecule has 6 aromatic carbocycles. The Labute approximate surface area is 209 Å². The first-order valence-corrected chi connectivity index (χ1v) is 12.5. The highest BCUT2D eigenvalue weighted by Gasteiger charge is 2.20. The summed E-state index contributed by atoms with van der Waals surface area (Å²) in [4.78, 5) is 0. The predicted octanol–water partition coefficient (Wildman–Crippen LogP) is 9.01. The molecule has 0 bridgehead atoms. The van der Waals surface area contributed by atoms with Gasteiger partial charge in [-0.15, -0.1) is 9.24 Å². The Morgan fingerprint density at radius 3 is 1.37 bits per heavy atom. The summed E-state index contributed by atoms with van der Waals surface area (Å²) in [5, 5.41) is 3.72. The van der Waals surface area contributed by atoms with Gasteiger partial charge in [-0.3, -0.25) is 0 Å². The number of rotatable bonds is 4. The summed E-state index contributed by atoms with van der Waals surface area (Å²) in [6, 6.07) is 50.0. The molecular formula is C34H25P. The second-order valence-corrected chi connectivity index (χ2v) is 9.37. The highest BCUT2D eigenvalue weighted by Crippen LogP contribution is 2.42. The van der Waals surface area contributed by atoms with E-state index < -0.39 is 0 Å². The zero-order chi connectivity index (χ0) is 23.6. The van der Waals surface area contributed by atoms with Crippen LogP contribution in [-0.4, -0.2) is 0 Å². The SMILES string of the molecule is Pc1c(-c2ccccc2)c(-c2ccccc2)cc(-c2ccc3ccccc3c2)c1-c1ccccc1. The maximum absolute atomic E-state index is 3.09. The van der Waals surface area contributed by atoms with E-state index in [2.05, 4.69) is 149 Å². The van der Waals surface area contributed by atoms with Gasteiger partial charge in [0.25, 0.3) is 0 Å². The summed E-state index contributed by atoms with van der Waals surface area (Å²) in [5.74, 6) is 0. The van der Waals surface area contributed by atoms with Crippen LogP contribution in [0.5, 0.6) is 0 Å². The molecule has 0 aliphatic rings. The number of hydrogen-bond acceptors (Lipinski definition) is 0. The smallest absolute Gasteiger partial charge is 0.00270 e. The molecule has 6 aromatic rings. The van der Waals surface area contributed by atoms with E-state index in [-0.39, 0.29) is 0 Å². The Bertz CT molecular complexity index is 1620. The largest absolute Gasteiger partial charge is 0.104 e. The monoisotopic (exact) mass is 464 g/mol. The topological polar surface area (TPSA) is 0 Å². The lowest BCUT2D eigenvalue weighted by molar-refractivity contribution is 1.57. The minimum atomic E-state index is 1.21. The number of benzene rings is 6. The van der Waals surface area contributed by atoms with Crippen LogP contribution in [0.3, 0.4) is 0 Å². The molecule has 0 nitrogen and oxygen atoms in total. The predicted molar refractivity (Wildman–Crippen MR) is 155 cm³/mol. The lowest BCUT2D eigenvalue weighted by atomic mass is 9.85. The maximum atomic E-state index is 3.09. The molecule has 1 unspecified atom stereocenters. The lowest BCUT2D eigenvalue weighted by Gasteiger charge is -2.22. The first kappa shape index (κ1) is 21.5. The van der Waals surface area contributed by atoms with Gasteiger partial charge in [-0.1, -0.05) is 127 Å². The molecule has 0 aromatic heterocycles. The molecule has 35 heavy (non-hydrogen) atoms. The Hall–Kier alpha value is -3.99. The van der Waals surface area contributed by atoms with Gasteiger partial charge in [0.15, 0.2) is 0 Å². The van der Waals surface area contributed by atoms with Crippen molar-refractivity contribution in [2.45, 2.75) is 0 Å². The lowest BCUT2D eigenvalue weighted by Crippen LogP contribution is -2.07. The first-order chi connectivity index (χ1) is 17.3. The number of fused-ring (bicyclic) bond motifs is 1. The summed E-state index contributed by atoms with van der Waals surface area (Å²) < 4.78 is 0. The molecule has 0 heterocycles. The fourth-order valence-electron chi connectivity index (χ4n) is 4.97. The third kappa shape index (κ3) is 4.08. The maximum Gasteiger partial charge on any atom is -0.00270 e. The van der Waals surface area contributed by atoms with Crippen LogP contribution in [0.2, 0.25) is 0 Å². The summed E-state index contributed by atoms with van der Waals surface area (Å²) in [6.45, 7) is 0. The van der Waals surface area contributed by atoms with Gasteiger partial charge in [-0.25, -0.2) is 0 Å². The van der Waals surface area contributed by atoms with Crippen LogP contribution in [-0.2, 0) is 0 Å². The van der Waals surface area contributed by atoms with Gasteiger partial charge in [0.2, 0.25) is 0 Å². The summed E-state index contributed by atoms with van der Waals surface area (Å²) in [5.41, 5.74) is 9.88. The van der Waals surface area contributed by atoms with E-state index in [1.165, 1.54) is 60.6 Å². The van der Waals surface area contributed by atoms with Crippen LogP contribution in [0, 0.1) is 0 Å². The second kappa shape index (κ2) is 9.34. The average Bonchev–Trinajstić information content (AvgIpc) is 2.93. The van der Waals surface area contributed by atoms with Crippen molar-refractivity contribution in [1.29, 1.82) is 0 Å². The van der Waals surface area contributed by atoms with Crippen LogP contribution in [0.1, 0.15) is 0 Å². The Kier molecular flexibility index (Phi) is 5.75. The van der Waals surface area contributed by atoms with E-state index in [4.69, 9.17) is 0 Å². The normalized spacial score (nSPS) is 11.0. The molecule has 0 fully saturated rings. The average molecular weight is 465 g/mol. The second-order valence-electron chi connectivity index (χ2n) is 8.80. The molecule has 166 valence electrons. The molecule has 0 saturated heterocycles. The zero-order valence-electron chi connectivity index (χ0n) is 19.4. The van der Waals surface area contributed by atoms with Crippen molar-refractivity contribution in [1.82, 2.24) is 0 Å². The van der Waals surface area contributed by atoms with E-state index in [9.17, 15) is 0 Å². The molecule has 0 saturated carbocycles. The molecule has 0 amide bonds. The van der Waals surface area contributed by atoms with Crippen LogP contribution in [0.25, 0.3) is 55.3 Å². The third-order valence-corrected chi connectivity index (χ3v) is 7.21. The van der Waals surface area contributed by atoms with Crippen LogP contribution >= 0.6 is 9.24 Å². The first-order valence-electron chi connectivity index (χ1n) is 11.9. The van der Waals surface area contributed by atoms with Gasteiger partial charge in [-0.05, 0) is 72.7 Å². The molecule has 0 spiro atoms. The van der Waals surface area contributed by atoms with Crippen LogP contribution in [0.4, 0.5) is 0 Å². The summed E-state index contributed by atoms with van der Waals surface area (Å²) in [6.07, 6.45) is 0. The Morgan fingerprint density at radius 2 is 0.800 bits per heavy atom. The zero-order valence-corrected chi connectivity index (χ0v) is 20.5. The quantitative estimate of drug-likeness (QED) is 0.228. The van der Waals surface area contributed by atoms with Crippen molar-refractivity contribution in [3.8, 4) is 44.5 Å². The van der Waals surface area contributed by atoms with Crippen LogP contribution in [0.15, 0.2) is 140 Å². The summed E-state index contributed by atoms with van der Waals surface area (Å²) in [7, 11) is 3.09. The van der Waals surface area contributed by atoms with Gasteiger partial charge >= 0.3 is 0 Å². The van der Waals surface area contributed by atoms with E-state index >= 15 is 0 Å². The minimum absolute atomic E-state index is 1.21. The van der Waals surface area contributed by atoms with E-state index in [1.54, 1.807) is 0 Å². The molecular weight excluding hydrogens is 439 g/mol. The van der Waals surface area contributed by atoms with Crippen LogP contribution < -0.4 is 5.30 Å². The summed E-state index contributed by atoms with van der Waals surface area (Å²) >= 11 is 0. The highest BCUT2D eigenvalue weighted by atomic mass is 31.0. The van der Waals surface area contributed by atoms with Crippen molar-refractivity contribution in [2.24, 2.45) is 0 Å². The van der Waals surface area contributed by atoms with Crippen molar-refractivity contribution >= 4 is 25.3 Å². The van der Waals surface area contributed by atoms with Crippen molar-refractivity contribution < 1.29 is 0 Å².